The maximum Gasteiger partial charge on any atom is 0.312 e. The molecule has 0 unspecified atom stereocenters. The lowest BCUT2D eigenvalue weighted by molar-refractivity contribution is -0.386. The standard InChI is InChI=1S/C14H17BrN2O4/c1-9(18)11-6-10(15)7-12(17(19)20)13(11)21-5-4-14(2,3)8-16/h6-7,9,18H,4-5H2,1-3H3/t9-/m0/s1. The molecule has 0 saturated carbocycles. The number of aliphatic hydroxyl groups is 1. The number of nitro benzene ring substituents is 1. The molecule has 1 aromatic rings. The van der Waals surface area contributed by atoms with Gasteiger partial charge in [-0.05, 0) is 33.3 Å². The largest absolute Gasteiger partial charge is 0.486 e. The van der Waals surface area contributed by atoms with Crippen molar-refractivity contribution in [3.05, 3.63) is 32.3 Å². The fraction of sp³-hybridized carbons (Fsp3) is 0.500. The molecule has 0 radical (unpaired) electrons. The van der Waals surface area contributed by atoms with Crippen molar-refractivity contribution in [1.82, 2.24) is 0 Å². The van der Waals surface area contributed by atoms with E-state index in [1.165, 1.54) is 13.0 Å². The molecule has 6 nitrogen and oxygen atoms in total. The normalized spacial score (nSPS) is 12.6. The topological polar surface area (TPSA) is 96.4 Å². The molecule has 0 aliphatic carbocycles. The van der Waals surface area contributed by atoms with Gasteiger partial charge in [0.2, 0.25) is 5.75 Å². The van der Waals surface area contributed by atoms with E-state index in [-0.39, 0.29) is 18.0 Å². The zero-order valence-electron chi connectivity index (χ0n) is 12.1. The molecule has 114 valence electrons. The second-order valence-electron chi connectivity index (χ2n) is 5.37. The fourth-order valence-electron chi connectivity index (χ4n) is 1.67. The maximum atomic E-state index is 11.1. The van der Waals surface area contributed by atoms with E-state index in [1.54, 1.807) is 19.9 Å². The van der Waals surface area contributed by atoms with Gasteiger partial charge in [-0.25, -0.2) is 0 Å². The minimum Gasteiger partial charge on any atom is -0.486 e. The van der Waals surface area contributed by atoms with Gasteiger partial charge < -0.3 is 9.84 Å². The zero-order chi connectivity index (χ0) is 16.2. The summed E-state index contributed by atoms with van der Waals surface area (Å²) in [5, 5.41) is 29.9. The van der Waals surface area contributed by atoms with Crippen LogP contribution < -0.4 is 4.74 Å². The van der Waals surface area contributed by atoms with Crippen LogP contribution in [0, 0.1) is 26.9 Å². The number of hydrogen-bond acceptors (Lipinski definition) is 5. The third kappa shape index (κ3) is 4.69. The van der Waals surface area contributed by atoms with Crippen molar-refractivity contribution in [3.8, 4) is 11.8 Å². The molecule has 0 amide bonds. The molecule has 0 saturated heterocycles. The summed E-state index contributed by atoms with van der Waals surface area (Å²) < 4.78 is 6.01. The Labute approximate surface area is 131 Å². The van der Waals surface area contributed by atoms with E-state index in [0.717, 1.165) is 0 Å². The molecule has 21 heavy (non-hydrogen) atoms. The SMILES string of the molecule is C[C@H](O)c1cc(Br)cc([N+](=O)[O-])c1OCCC(C)(C)C#N. The monoisotopic (exact) mass is 356 g/mol. The summed E-state index contributed by atoms with van der Waals surface area (Å²) in [5.41, 5.74) is -0.448. The van der Waals surface area contributed by atoms with E-state index in [4.69, 9.17) is 10.00 Å². The molecule has 0 aromatic heterocycles. The van der Waals surface area contributed by atoms with E-state index < -0.39 is 16.4 Å². The quantitative estimate of drug-likeness (QED) is 0.618. The highest BCUT2D eigenvalue weighted by Crippen LogP contribution is 2.38. The van der Waals surface area contributed by atoms with Gasteiger partial charge >= 0.3 is 5.69 Å². The Morgan fingerprint density at radius 2 is 2.19 bits per heavy atom. The Kier molecular flexibility index (Phi) is 5.70. The summed E-state index contributed by atoms with van der Waals surface area (Å²) in [5.74, 6) is 0.0481. The van der Waals surface area contributed by atoms with Crippen LogP contribution in [0.25, 0.3) is 0 Å². The Morgan fingerprint density at radius 1 is 1.57 bits per heavy atom. The molecule has 1 N–H and O–H groups in total. The molecule has 7 heteroatoms. The lowest BCUT2D eigenvalue weighted by atomic mass is 9.92. The fourth-order valence-corrected chi connectivity index (χ4v) is 2.13. The van der Waals surface area contributed by atoms with Crippen molar-refractivity contribution in [2.45, 2.75) is 33.3 Å². The summed E-state index contributed by atoms with van der Waals surface area (Å²) >= 11 is 3.18. The first-order valence-corrected chi connectivity index (χ1v) is 7.17. The molecule has 0 aliphatic rings. The van der Waals surface area contributed by atoms with Crippen molar-refractivity contribution in [2.75, 3.05) is 6.61 Å². The smallest absolute Gasteiger partial charge is 0.312 e. The predicted octanol–water partition coefficient (Wildman–Crippen LogP) is 3.73. The van der Waals surface area contributed by atoms with E-state index in [1.807, 2.05) is 0 Å². The summed E-state index contributed by atoms with van der Waals surface area (Å²) in [4.78, 5) is 10.6. The maximum absolute atomic E-state index is 11.1. The number of halogens is 1. The van der Waals surface area contributed by atoms with Crippen molar-refractivity contribution in [3.63, 3.8) is 0 Å². The first-order chi connectivity index (χ1) is 9.68. The number of hydrogen-bond donors (Lipinski definition) is 1. The van der Waals surface area contributed by atoms with Crippen molar-refractivity contribution in [2.24, 2.45) is 5.41 Å². The van der Waals surface area contributed by atoms with E-state index >= 15 is 0 Å². The average molecular weight is 357 g/mol. The van der Waals surface area contributed by atoms with Crippen LogP contribution >= 0.6 is 15.9 Å². The molecular weight excluding hydrogens is 340 g/mol. The van der Waals surface area contributed by atoms with Gasteiger partial charge in [0, 0.05) is 16.1 Å². The lowest BCUT2D eigenvalue weighted by Crippen LogP contribution is -2.14. The minimum absolute atomic E-state index is 0.0481. The Bertz CT molecular complexity index is 579. The van der Waals surface area contributed by atoms with Crippen LogP contribution in [0.5, 0.6) is 5.75 Å². The molecule has 1 atom stereocenters. The molecule has 1 aromatic carbocycles. The van der Waals surface area contributed by atoms with Gasteiger partial charge in [0.1, 0.15) is 0 Å². The number of nitrogens with zero attached hydrogens (tertiary/aromatic N) is 2. The molecule has 0 heterocycles. The van der Waals surface area contributed by atoms with Gasteiger partial charge in [0.05, 0.1) is 29.1 Å². The molecular formula is C14H17BrN2O4. The van der Waals surface area contributed by atoms with Crippen LogP contribution in [0.15, 0.2) is 16.6 Å². The summed E-state index contributed by atoms with van der Waals surface area (Å²) in [6.07, 6.45) is -0.476. The predicted molar refractivity (Wildman–Crippen MR) is 80.9 cm³/mol. The molecule has 0 spiro atoms. The molecule has 0 fully saturated rings. The average Bonchev–Trinajstić information content (AvgIpc) is 2.39. The van der Waals surface area contributed by atoms with Gasteiger partial charge in [-0.15, -0.1) is 0 Å². The van der Waals surface area contributed by atoms with Gasteiger partial charge in [-0.3, -0.25) is 10.1 Å². The van der Waals surface area contributed by atoms with E-state index in [0.29, 0.717) is 16.5 Å². The molecule has 1 rings (SSSR count). The van der Waals surface area contributed by atoms with Gasteiger partial charge in [0.25, 0.3) is 0 Å². The van der Waals surface area contributed by atoms with Gasteiger partial charge in [-0.1, -0.05) is 15.9 Å². The number of rotatable bonds is 6. The highest BCUT2D eigenvalue weighted by Gasteiger charge is 2.24. The lowest BCUT2D eigenvalue weighted by Gasteiger charge is -2.18. The van der Waals surface area contributed by atoms with Crippen LogP contribution in [0.2, 0.25) is 0 Å². The van der Waals surface area contributed by atoms with Gasteiger partial charge in [-0.2, -0.15) is 5.26 Å². The molecule has 0 aliphatic heterocycles. The van der Waals surface area contributed by atoms with Crippen LogP contribution in [0.1, 0.15) is 38.9 Å². The highest BCUT2D eigenvalue weighted by atomic mass is 79.9. The zero-order valence-corrected chi connectivity index (χ0v) is 13.7. The summed E-state index contributed by atoms with van der Waals surface area (Å²) in [7, 11) is 0. The van der Waals surface area contributed by atoms with Crippen molar-refractivity contribution in [1.29, 1.82) is 5.26 Å². The third-order valence-corrected chi connectivity index (χ3v) is 3.44. The van der Waals surface area contributed by atoms with Crippen LogP contribution in [0.3, 0.4) is 0 Å². The Morgan fingerprint density at radius 3 is 2.67 bits per heavy atom. The number of benzene rings is 1. The van der Waals surface area contributed by atoms with Crippen LogP contribution in [-0.4, -0.2) is 16.6 Å². The molecule has 0 bridgehead atoms. The summed E-state index contributed by atoms with van der Waals surface area (Å²) in [6.45, 7) is 5.20. The number of ether oxygens (including phenoxy) is 1. The first-order valence-electron chi connectivity index (χ1n) is 6.38. The second kappa shape index (κ2) is 6.87. The van der Waals surface area contributed by atoms with Gasteiger partial charge in [0.15, 0.2) is 0 Å². The highest BCUT2D eigenvalue weighted by molar-refractivity contribution is 9.10. The second-order valence-corrected chi connectivity index (χ2v) is 6.29. The summed E-state index contributed by atoms with van der Waals surface area (Å²) in [6, 6.07) is 5.06. The Hall–Kier alpha value is -1.65. The first kappa shape index (κ1) is 17.4. The Balaban J connectivity index is 3.09. The number of aliphatic hydroxyl groups excluding tert-OH is 1. The minimum atomic E-state index is -0.903. The third-order valence-electron chi connectivity index (χ3n) is 2.99. The van der Waals surface area contributed by atoms with E-state index in [2.05, 4.69) is 22.0 Å². The van der Waals surface area contributed by atoms with Crippen molar-refractivity contribution >= 4 is 21.6 Å². The van der Waals surface area contributed by atoms with Crippen LogP contribution in [-0.2, 0) is 0 Å². The number of nitro groups is 1. The van der Waals surface area contributed by atoms with Crippen molar-refractivity contribution < 1.29 is 14.8 Å². The van der Waals surface area contributed by atoms with Crippen LogP contribution in [0.4, 0.5) is 5.69 Å². The number of nitriles is 1. The van der Waals surface area contributed by atoms with E-state index in [9.17, 15) is 15.2 Å².